The molecule has 2 heterocycles. The standard InChI is InChI=1S/C14H14FN3O3S/c15-22(20,21)10-11-7-14(19)17(9-11)12-3-1-4-13(8-12)18-6-2-5-16-18/h1-6,8,11H,7,9-10H2. The quantitative estimate of drug-likeness (QED) is 0.800. The molecule has 1 aliphatic rings. The lowest BCUT2D eigenvalue weighted by molar-refractivity contribution is -0.117. The van der Waals surface area contributed by atoms with Gasteiger partial charge in [-0.3, -0.25) is 4.79 Å². The molecular weight excluding hydrogens is 309 g/mol. The van der Waals surface area contributed by atoms with Gasteiger partial charge in [0, 0.05) is 37.0 Å². The Bertz CT molecular complexity index is 789. The minimum absolute atomic E-state index is 0.0369. The maximum absolute atomic E-state index is 12.8. The summed E-state index contributed by atoms with van der Waals surface area (Å²) < 4.78 is 35.9. The van der Waals surface area contributed by atoms with E-state index in [-0.39, 0.29) is 18.9 Å². The number of benzene rings is 1. The van der Waals surface area contributed by atoms with Crippen LogP contribution in [0.2, 0.25) is 0 Å². The van der Waals surface area contributed by atoms with Crippen LogP contribution < -0.4 is 4.90 Å². The molecule has 1 aromatic carbocycles. The zero-order valence-electron chi connectivity index (χ0n) is 11.6. The second kappa shape index (κ2) is 5.53. The van der Waals surface area contributed by atoms with Gasteiger partial charge in [-0.25, -0.2) is 4.68 Å². The molecule has 0 aliphatic carbocycles. The Kier molecular flexibility index (Phi) is 3.69. The fourth-order valence-electron chi connectivity index (χ4n) is 2.65. The van der Waals surface area contributed by atoms with Gasteiger partial charge in [0.2, 0.25) is 5.91 Å². The van der Waals surface area contributed by atoms with E-state index in [1.807, 2.05) is 6.07 Å². The first-order valence-corrected chi connectivity index (χ1v) is 8.30. The Morgan fingerprint density at radius 3 is 2.73 bits per heavy atom. The van der Waals surface area contributed by atoms with Gasteiger partial charge in [-0.05, 0) is 24.3 Å². The first kappa shape index (κ1) is 14.7. The van der Waals surface area contributed by atoms with Crippen molar-refractivity contribution in [1.29, 1.82) is 0 Å². The molecule has 1 aromatic heterocycles. The number of rotatable bonds is 4. The fourth-order valence-corrected chi connectivity index (χ4v) is 3.44. The molecule has 0 saturated carbocycles. The van der Waals surface area contributed by atoms with Crippen molar-refractivity contribution in [2.75, 3.05) is 17.2 Å². The molecule has 0 N–H and O–H groups in total. The van der Waals surface area contributed by atoms with Crippen LogP contribution in [0.4, 0.5) is 9.57 Å². The smallest absolute Gasteiger partial charge is 0.302 e. The number of amides is 1. The summed E-state index contributed by atoms with van der Waals surface area (Å²) in [7, 11) is -4.57. The molecule has 6 nitrogen and oxygen atoms in total. The molecule has 0 radical (unpaired) electrons. The second-order valence-corrected chi connectivity index (χ2v) is 6.66. The van der Waals surface area contributed by atoms with Gasteiger partial charge >= 0.3 is 10.2 Å². The first-order valence-electron chi connectivity index (χ1n) is 6.75. The molecule has 22 heavy (non-hydrogen) atoms. The van der Waals surface area contributed by atoms with Crippen LogP contribution in [0.1, 0.15) is 6.42 Å². The molecule has 0 bridgehead atoms. The van der Waals surface area contributed by atoms with Crippen molar-refractivity contribution >= 4 is 21.8 Å². The van der Waals surface area contributed by atoms with E-state index in [0.717, 1.165) is 5.69 Å². The molecule has 116 valence electrons. The Morgan fingerprint density at radius 1 is 1.27 bits per heavy atom. The van der Waals surface area contributed by atoms with E-state index in [1.54, 1.807) is 41.3 Å². The van der Waals surface area contributed by atoms with Gasteiger partial charge in [-0.15, -0.1) is 3.89 Å². The van der Waals surface area contributed by atoms with Crippen LogP contribution in [0.5, 0.6) is 0 Å². The highest BCUT2D eigenvalue weighted by atomic mass is 32.3. The van der Waals surface area contributed by atoms with Crippen LogP contribution >= 0.6 is 0 Å². The number of anilines is 1. The number of carbonyl (C=O) groups is 1. The van der Waals surface area contributed by atoms with Gasteiger partial charge in [0.05, 0.1) is 11.4 Å². The van der Waals surface area contributed by atoms with Gasteiger partial charge in [0.25, 0.3) is 0 Å². The highest BCUT2D eigenvalue weighted by Gasteiger charge is 2.33. The van der Waals surface area contributed by atoms with Gasteiger partial charge < -0.3 is 4.90 Å². The summed E-state index contributed by atoms with van der Waals surface area (Å²) in [6.07, 6.45) is 3.47. The average Bonchev–Trinajstić information content (AvgIpc) is 3.07. The summed E-state index contributed by atoms with van der Waals surface area (Å²) in [4.78, 5) is 13.5. The Labute approximate surface area is 127 Å². The predicted octanol–water partition coefficient (Wildman–Crippen LogP) is 1.52. The SMILES string of the molecule is O=C1CC(CS(=O)(=O)F)CN1c1cccc(-n2cccn2)c1. The van der Waals surface area contributed by atoms with E-state index >= 15 is 0 Å². The van der Waals surface area contributed by atoms with Crippen LogP contribution in [0, 0.1) is 5.92 Å². The summed E-state index contributed by atoms with van der Waals surface area (Å²) in [5.74, 6) is -1.34. The van der Waals surface area contributed by atoms with Crippen molar-refractivity contribution in [2.45, 2.75) is 6.42 Å². The summed E-state index contributed by atoms with van der Waals surface area (Å²) in [5, 5.41) is 4.12. The number of carbonyl (C=O) groups excluding carboxylic acids is 1. The van der Waals surface area contributed by atoms with Crippen molar-refractivity contribution in [1.82, 2.24) is 9.78 Å². The second-order valence-electron chi connectivity index (χ2n) is 5.25. The highest BCUT2D eigenvalue weighted by Crippen LogP contribution is 2.27. The topological polar surface area (TPSA) is 72.3 Å². The summed E-state index contributed by atoms with van der Waals surface area (Å²) in [6, 6.07) is 8.98. The maximum Gasteiger partial charge on any atom is 0.302 e. The molecule has 0 spiro atoms. The number of halogens is 1. The van der Waals surface area contributed by atoms with Gasteiger partial charge in [-0.1, -0.05) is 6.07 Å². The van der Waals surface area contributed by atoms with Crippen molar-refractivity contribution in [3.05, 3.63) is 42.7 Å². The molecule has 1 atom stereocenters. The summed E-state index contributed by atoms with van der Waals surface area (Å²) >= 11 is 0. The minimum atomic E-state index is -4.57. The van der Waals surface area contributed by atoms with Crippen LogP contribution in [-0.2, 0) is 15.0 Å². The summed E-state index contributed by atoms with van der Waals surface area (Å²) in [6.45, 7) is 0.199. The fraction of sp³-hybridized carbons (Fsp3) is 0.286. The minimum Gasteiger partial charge on any atom is -0.312 e. The largest absolute Gasteiger partial charge is 0.312 e. The third kappa shape index (κ3) is 3.16. The Balaban J connectivity index is 1.83. The van der Waals surface area contributed by atoms with E-state index in [0.29, 0.717) is 5.69 Å². The molecule has 1 aliphatic heterocycles. The monoisotopic (exact) mass is 323 g/mol. The van der Waals surface area contributed by atoms with E-state index in [4.69, 9.17) is 0 Å². The zero-order valence-corrected chi connectivity index (χ0v) is 12.4. The van der Waals surface area contributed by atoms with E-state index < -0.39 is 21.9 Å². The van der Waals surface area contributed by atoms with Gasteiger partial charge in [-0.2, -0.15) is 13.5 Å². The van der Waals surface area contributed by atoms with E-state index in [1.165, 1.54) is 4.90 Å². The van der Waals surface area contributed by atoms with Crippen molar-refractivity contribution < 1.29 is 17.1 Å². The van der Waals surface area contributed by atoms with Crippen LogP contribution in [0.25, 0.3) is 5.69 Å². The van der Waals surface area contributed by atoms with E-state index in [9.17, 15) is 17.1 Å². The molecule has 1 amide bonds. The number of nitrogens with zero attached hydrogens (tertiary/aromatic N) is 3. The number of hydrogen-bond donors (Lipinski definition) is 0. The molecule has 2 aromatic rings. The van der Waals surface area contributed by atoms with Crippen molar-refractivity contribution in [3.8, 4) is 5.69 Å². The predicted molar refractivity (Wildman–Crippen MR) is 78.9 cm³/mol. The molecule has 3 rings (SSSR count). The average molecular weight is 323 g/mol. The number of hydrogen-bond acceptors (Lipinski definition) is 4. The summed E-state index contributed by atoms with van der Waals surface area (Å²) in [5.41, 5.74) is 1.44. The molecule has 1 saturated heterocycles. The Hall–Kier alpha value is -2.22. The van der Waals surface area contributed by atoms with Crippen LogP contribution in [-0.4, -0.2) is 36.4 Å². The molecule has 1 fully saturated rings. The highest BCUT2D eigenvalue weighted by molar-refractivity contribution is 7.86. The molecule has 8 heteroatoms. The van der Waals surface area contributed by atoms with Crippen molar-refractivity contribution in [2.24, 2.45) is 5.92 Å². The molecular formula is C14H14FN3O3S. The third-order valence-corrected chi connectivity index (χ3v) is 4.42. The third-order valence-electron chi connectivity index (χ3n) is 3.55. The normalized spacial score (nSPS) is 18.9. The first-order chi connectivity index (χ1) is 10.4. The Morgan fingerprint density at radius 2 is 2.05 bits per heavy atom. The van der Waals surface area contributed by atoms with Crippen LogP contribution in [0.15, 0.2) is 42.7 Å². The lowest BCUT2D eigenvalue weighted by Gasteiger charge is -2.17. The van der Waals surface area contributed by atoms with Crippen molar-refractivity contribution in [3.63, 3.8) is 0 Å². The van der Waals surface area contributed by atoms with E-state index in [2.05, 4.69) is 5.10 Å². The zero-order chi connectivity index (χ0) is 15.7. The van der Waals surface area contributed by atoms with Gasteiger partial charge in [0.15, 0.2) is 0 Å². The lowest BCUT2D eigenvalue weighted by atomic mass is 10.1. The lowest BCUT2D eigenvalue weighted by Crippen LogP contribution is -2.25. The number of aromatic nitrogens is 2. The molecule has 1 unspecified atom stereocenters. The van der Waals surface area contributed by atoms with Gasteiger partial charge in [0.1, 0.15) is 0 Å². The van der Waals surface area contributed by atoms with Crippen LogP contribution in [0.3, 0.4) is 0 Å². The maximum atomic E-state index is 12.8.